The van der Waals surface area contributed by atoms with Crippen LogP contribution in [-0.4, -0.2) is 25.4 Å². The monoisotopic (exact) mass is 351 g/mol. The van der Waals surface area contributed by atoms with Crippen LogP contribution in [0.1, 0.15) is 28.9 Å². The maximum Gasteiger partial charge on any atom is 0.262 e. The van der Waals surface area contributed by atoms with E-state index in [1.54, 1.807) is 6.92 Å². The van der Waals surface area contributed by atoms with Crippen molar-refractivity contribution in [2.24, 2.45) is 0 Å². The predicted octanol–water partition coefficient (Wildman–Crippen LogP) is 2.12. The molecule has 8 heteroatoms. The Labute approximate surface area is 147 Å². The number of rotatable bonds is 4. The van der Waals surface area contributed by atoms with Crippen LogP contribution >= 0.6 is 0 Å². The standard InChI is InChI=1S/C18H17N5O3/c1-3-23-12-7-5-4-6-11(12)22-13(23)8-19-16(24)14-10(2)26-18-15(14)17(25)20-9-21-18/h4-7,9H,3,8H2,1-2H3,(H,19,24)(H,20,21,25). The van der Waals surface area contributed by atoms with E-state index in [4.69, 9.17) is 4.42 Å². The predicted molar refractivity (Wildman–Crippen MR) is 95.9 cm³/mol. The van der Waals surface area contributed by atoms with Crippen molar-refractivity contribution in [3.8, 4) is 0 Å². The molecule has 0 radical (unpaired) electrons. The topological polar surface area (TPSA) is 106 Å². The molecule has 1 aromatic carbocycles. The fourth-order valence-corrected chi connectivity index (χ4v) is 3.19. The van der Waals surface area contributed by atoms with Crippen molar-refractivity contribution in [3.63, 3.8) is 0 Å². The SMILES string of the molecule is CCn1c(CNC(=O)c2c(C)oc3nc[nH]c(=O)c23)nc2ccccc21. The van der Waals surface area contributed by atoms with Crippen molar-refractivity contribution in [2.45, 2.75) is 26.9 Å². The van der Waals surface area contributed by atoms with Gasteiger partial charge < -0.3 is 19.3 Å². The van der Waals surface area contributed by atoms with Crippen molar-refractivity contribution >= 4 is 28.0 Å². The summed E-state index contributed by atoms with van der Waals surface area (Å²) in [6.07, 6.45) is 1.25. The first-order valence-electron chi connectivity index (χ1n) is 8.29. The Morgan fingerprint density at radius 3 is 2.96 bits per heavy atom. The highest BCUT2D eigenvalue weighted by Crippen LogP contribution is 2.21. The number of hydrogen-bond donors (Lipinski definition) is 2. The number of imidazole rings is 1. The molecule has 0 bridgehead atoms. The number of furan rings is 1. The molecule has 0 saturated carbocycles. The van der Waals surface area contributed by atoms with Gasteiger partial charge >= 0.3 is 0 Å². The molecule has 8 nitrogen and oxygen atoms in total. The smallest absolute Gasteiger partial charge is 0.262 e. The van der Waals surface area contributed by atoms with E-state index in [0.29, 0.717) is 5.76 Å². The number of para-hydroxylation sites is 2. The van der Waals surface area contributed by atoms with Crippen LogP contribution in [-0.2, 0) is 13.1 Å². The number of aromatic amines is 1. The molecule has 0 aliphatic carbocycles. The highest BCUT2D eigenvalue weighted by atomic mass is 16.3. The molecule has 4 rings (SSSR count). The van der Waals surface area contributed by atoms with Crippen LogP contribution in [0.3, 0.4) is 0 Å². The molecule has 3 aromatic heterocycles. The Balaban J connectivity index is 1.66. The molecule has 3 heterocycles. The Morgan fingerprint density at radius 1 is 1.35 bits per heavy atom. The lowest BCUT2D eigenvalue weighted by molar-refractivity contribution is 0.0949. The van der Waals surface area contributed by atoms with E-state index in [9.17, 15) is 9.59 Å². The van der Waals surface area contributed by atoms with Crippen LogP contribution in [0.2, 0.25) is 0 Å². The van der Waals surface area contributed by atoms with Gasteiger partial charge in [0, 0.05) is 6.54 Å². The summed E-state index contributed by atoms with van der Waals surface area (Å²) >= 11 is 0. The van der Waals surface area contributed by atoms with Gasteiger partial charge in [-0.05, 0) is 26.0 Å². The van der Waals surface area contributed by atoms with Crippen molar-refractivity contribution in [1.29, 1.82) is 0 Å². The number of aryl methyl sites for hydroxylation is 2. The summed E-state index contributed by atoms with van der Waals surface area (Å²) in [5.41, 5.74) is 1.84. The number of nitrogens with zero attached hydrogens (tertiary/aromatic N) is 3. The molecular formula is C18H17N5O3. The summed E-state index contributed by atoms with van der Waals surface area (Å²) in [6.45, 7) is 4.64. The van der Waals surface area contributed by atoms with E-state index in [0.717, 1.165) is 23.4 Å². The van der Waals surface area contributed by atoms with E-state index < -0.39 is 11.5 Å². The molecule has 0 aliphatic rings. The Bertz CT molecular complexity index is 1180. The van der Waals surface area contributed by atoms with Gasteiger partial charge in [-0.3, -0.25) is 9.59 Å². The minimum Gasteiger partial charge on any atom is -0.442 e. The summed E-state index contributed by atoms with van der Waals surface area (Å²) in [4.78, 5) is 35.8. The lowest BCUT2D eigenvalue weighted by Gasteiger charge is -2.07. The first kappa shape index (κ1) is 16.1. The van der Waals surface area contributed by atoms with Gasteiger partial charge in [-0.1, -0.05) is 12.1 Å². The molecular weight excluding hydrogens is 334 g/mol. The van der Waals surface area contributed by atoms with Gasteiger partial charge in [0.25, 0.3) is 11.5 Å². The lowest BCUT2D eigenvalue weighted by atomic mass is 10.2. The number of amides is 1. The van der Waals surface area contributed by atoms with Gasteiger partial charge in [0.05, 0.1) is 29.5 Å². The molecule has 0 saturated heterocycles. The number of carbonyl (C=O) groups excluding carboxylic acids is 1. The second-order valence-corrected chi connectivity index (χ2v) is 5.89. The summed E-state index contributed by atoms with van der Waals surface area (Å²) in [5.74, 6) is 0.708. The van der Waals surface area contributed by atoms with E-state index in [2.05, 4.69) is 20.3 Å². The maximum atomic E-state index is 12.7. The van der Waals surface area contributed by atoms with Crippen LogP contribution < -0.4 is 10.9 Å². The number of hydrogen-bond acceptors (Lipinski definition) is 5. The fourth-order valence-electron chi connectivity index (χ4n) is 3.19. The maximum absolute atomic E-state index is 12.7. The molecule has 0 unspecified atom stereocenters. The third kappa shape index (κ3) is 2.46. The minimum absolute atomic E-state index is 0.150. The molecule has 0 atom stereocenters. The second-order valence-electron chi connectivity index (χ2n) is 5.89. The molecule has 26 heavy (non-hydrogen) atoms. The van der Waals surface area contributed by atoms with Gasteiger partial charge in [-0.25, -0.2) is 9.97 Å². The first-order valence-corrected chi connectivity index (χ1v) is 8.29. The number of nitrogens with one attached hydrogen (secondary N) is 2. The number of fused-ring (bicyclic) bond motifs is 2. The normalized spacial score (nSPS) is 11.3. The fraction of sp³-hybridized carbons (Fsp3) is 0.222. The molecule has 4 aromatic rings. The molecule has 0 fully saturated rings. The number of benzene rings is 1. The molecule has 2 N–H and O–H groups in total. The van der Waals surface area contributed by atoms with Crippen molar-refractivity contribution in [3.05, 3.63) is 58.1 Å². The third-order valence-electron chi connectivity index (χ3n) is 4.35. The molecule has 1 amide bonds. The largest absolute Gasteiger partial charge is 0.442 e. The van der Waals surface area contributed by atoms with Crippen LogP contribution in [0.4, 0.5) is 0 Å². The second kappa shape index (κ2) is 6.14. The number of carbonyl (C=O) groups is 1. The van der Waals surface area contributed by atoms with Crippen LogP contribution in [0, 0.1) is 6.92 Å². The van der Waals surface area contributed by atoms with Gasteiger partial charge in [0.1, 0.15) is 17.0 Å². The minimum atomic E-state index is -0.405. The lowest BCUT2D eigenvalue weighted by Crippen LogP contribution is -2.26. The Kier molecular flexibility index (Phi) is 3.80. The van der Waals surface area contributed by atoms with E-state index in [1.165, 1.54) is 6.33 Å². The average molecular weight is 351 g/mol. The first-order chi connectivity index (χ1) is 12.6. The van der Waals surface area contributed by atoms with Gasteiger partial charge in [0.2, 0.25) is 5.71 Å². The zero-order valence-electron chi connectivity index (χ0n) is 14.4. The summed E-state index contributed by atoms with van der Waals surface area (Å²) in [5, 5.41) is 2.99. The average Bonchev–Trinajstić information content (AvgIpc) is 3.17. The van der Waals surface area contributed by atoms with Gasteiger partial charge in [0.15, 0.2) is 0 Å². The summed E-state index contributed by atoms with van der Waals surface area (Å²) < 4.78 is 7.48. The zero-order valence-corrected chi connectivity index (χ0v) is 14.4. The highest BCUT2D eigenvalue weighted by Gasteiger charge is 2.22. The van der Waals surface area contributed by atoms with E-state index >= 15 is 0 Å². The quantitative estimate of drug-likeness (QED) is 0.586. The third-order valence-corrected chi connectivity index (χ3v) is 4.35. The summed E-state index contributed by atoms with van der Waals surface area (Å²) in [7, 11) is 0. The van der Waals surface area contributed by atoms with Crippen molar-refractivity contribution < 1.29 is 9.21 Å². The Hall–Kier alpha value is -3.42. The van der Waals surface area contributed by atoms with Crippen LogP contribution in [0.15, 0.2) is 39.8 Å². The molecule has 132 valence electrons. The number of H-pyrrole nitrogens is 1. The van der Waals surface area contributed by atoms with E-state index in [1.807, 2.05) is 35.8 Å². The van der Waals surface area contributed by atoms with Gasteiger partial charge in [-0.15, -0.1) is 0 Å². The molecule has 0 aliphatic heterocycles. The van der Waals surface area contributed by atoms with Crippen molar-refractivity contribution in [2.75, 3.05) is 0 Å². The van der Waals surface area contributed by atoms with Crippen LogP contribution in [0.25, 0.3) is 22.1 Å². The van der Waals surface area contributed by atoms with E-state index in [-0.39, 0.29) is 23.2 Å². The summed E-state index contributed by atoms with van der Waals surface area (Å²) in [6, 6.07) is 7.82. The van der Waals surface area contributed by atoms with Crippen LogP contribution in [0.5, 0.6) is 0 Å². The van der Waals surface area contributed by atoms with Crippen molar-refractivity contribution in [1.82, 2.24) is 24.8 Å². The Morgan fingerprint density at radius 2 is 2.15 bits per heavy atom. The molecule has 0 spiro atoms. The van der Waals surface area contributed by atoms with Gasteiger partial charge in [-0.2, -0.15) is 0 Å². The highest BCUT2D eigenvalue weighted by molar-refractivity contribution is 6.06. The number of aromatic nitrogens is 4. The zero-order chi connectivity index (χ0) is 18.3.